The van der Waals surface area contributed by atoms with E-state index >= 15 is 0 Å². The molecule has 1 N–H and O–H groups in total. The van der Waals surface area contributed by atoms with E-state index in [1.165, 1.54) is 18.2 Å². The maximum Gasteiger partial charge on any atom is 0.210 e. The van der Waals surface area contributed by atoms with Gasteiger partial charge in [0.25, 0.3) is 0 Å². The van der Waals surface area contributed by atoms with E-state index in [0.29, 0.717) is 21.8 Å². The van der Waals surface area contributed by atoms with E-state index in [2.05, 4.69) is 4.98 Å². The minimum Gasteiger partial charge on any atom is -0.351 e. The Hall–Kier alpha value is -2.13. The van der Waals surface area contributed by atoms with Crippen LogP contribution in [-0.4, -0.2) is 10.8 Å². The summed E-state index contributed by atoms with van der Waals surface area (Å²) in [5, 5.41) is 1.48. The molecule has 0 amide bonds. The summed E-state index contributed by atoms with van der Waals surface area (Å²) in [5.74, 6) is -0.444. The number of rotatable bonds is 0. The highest BCUT2D eigenvalue weighted by atomic mass is 35.5. The topological polar surface area (TPSA) is 32.9 Å². The number of H-pyrrole nitrogens is 1. The minimum atomic E-state index is -0.345. The van der Waals surface area contributed by atoms with Crippen molar-refractivity contribution in [2.45, 2.75) is 0 Å². The molecule has 0 spiro atoms. The van der Waals surface area contributed by atoms with E-state index in [1.807, 2.05) is 6.07 Å². The van der Waals surface area contributed by atoms with Crippen LogP contribution in [0.5, 0.6) is 0 Å². The summed E-state index contributed by atoms with van der Waals surface area (Å²) in [4.78, 5) is 15.3. The van der Waals surface area contributed by atoms with E-state index in [9.17, 15) is 9.18 Å². The third-order valence-corrected chi connectivity index (χ3v) is 3.72. The summed E-state index contributed by atoms with van der Waals surface area (Å²) < 4.78 is 13.4. The van der Waals surface area contributed by atoms with Crippen molar-refractivity contribution >= 4 is 28.3 Å². The van der Waals surface area contributed by atoms with Gasteiger partial charge in [0.1, 0.15) is 5.82 Å². The summed E-state index contributed by atoms with van der Waals surface area (Å²) in [6.07, 6.45) is 0. The molecule has 4 rings (SSSR count). The Morgan fingerprint density at radius 2 is 1.89 bits per heavy atom. The van der Waals surface area contributed by atoms with Crippen molar-refractivity contribution in [3.63, 3.8) is 0 Å². The van der Waals surface area contributed by atoms with Crippen LogP contribution in [0.4, 0.5) is 4.39 Å². The molecule has 3 aromatic rings. The lowest BCUT2D eigenvalue weighted by molar-refractivity contribution is 0.103. The van der Waals surface area contributed by atoms with Crippen molar-refractivity contribution in [2.24, 2.45) is 0 Å². The molecule has 1 heterocycles. The van der Waals surface area contributed by atoms with Crippen LogP contribution in [0.15, 0.2) is 36.4 Å². The number of benzene rings is 2. The Morgan fingerprint density at radius 1 is 1.05 bits per heavy atom. The molecule has 0 fully saturated rings. The normalized spacial score (nSPS) is 12.8. The summed E-state index contributed by atoms with van der Waals surface area (Å²) in [6.45, 7) is 0. The number of halogens is 2. The highest BCUT2D eigenvalue weighted by Gasteiger charge is 2.30. The number of aromatic amines is 1. The molecule has 92 valence electrons. The summed E-state index contributed by atoms with van der Waals surface area (Å²) in [7, 11) is 0. The fourth-order valence-corrected chi connectivity index (χ4v) is 2.85. The molecule has 0 saturated heterocycles. The third kappa shape index (κ3) is 1.33. The van der Waals surface area contributed by atoms with Crippen molar-refractivity contribution in [2.75, 3.05) is 0 Å². The quantitative estimate of drug-likeness (QED) is 0.511. The predicted molar refractivity (Wildman–Crippen MR) is 72.1 cm³/mol. The van der Waals surface area contributed by atoms with Gasteiger partial charge < -0.3 is 4.98 Å². The van der Waals surface area contributed by atoms with Crippen molar-refractivity contribution in [1.82, 2.24) is 4.98 Å². The third-order valence-electron chi connectivity index (χ3n) is 3.48. The van der Waals surface area contributed by atoms with Crippen molar-refractivity contribution in [3.05, 3.63) is 58.5 Å². The largest absolute Gasteiger partial charge is 0.351 e. The van der Waals surface area contributed by atoms with Gasteiger partial charge in [-0.2, -0.15) is 0 Å². The molecule has 19 heavy (non-hydrogen) atoms. The molecule has 0 bridgehead atoms. The predicted octanol–water partition coefficient (Wildman–Crippen LogP) is 4.17. The van der Waals surface area contributed by atoms with Crippen LogP contribution >= 0.6 is 11.6 Å². The molecule has 1 aliphatic rings. The van der Waals surface area contributed by atoms with Gasteiger partial charge in [-0.3, -0.25) is 4.79 Å². The van der Waals surface area contributed by atoms with Gasteiger partial charge in [0.05, 0.1) is 5.69 Å². The van der Waals surface area contributed by atoms with E-state index in [-0.39, 0.29) is 11.6 Å². The Bertz CT molecular complexity index is 866. The summed E-state index contributed by atoms with van der Waals surface area (Å²) in [5.41, 5.74) is 3.26. The molecular formula is C15H7ClFNO. The maximum absolute atomic E-state index is 13.4. The summed E-state index contributed by atoms with van der Waals surface area (Å²) in [6, 6.07) is 9.62. The SMILES string of the molecule is O=C1c2ccc(F)cc2-c2c1[nH]c1cc(Cl)ccc21. The molecule has 1 aromatic heterocycles. The second-order valence-corrected chi connectivity index (χ2v) is 5.02. The van der Waals surface area contributed by atoms with Gasteiger partial charge in [0, 0.05) is 27.1 Å². The lowest BCUT2D eigenvalue weighted by Crippen LogP contribution is -1.96. The van der Waals surface area contributed by atoms with Gasteiger partial charge in [-0.15, -0.1) is 0 Å². The van der Waals surface area contributed by atoms with E-state index in [4.69, 9.17) is 11.6 Å². The second kappa shape index (κ2) is 3.45. The number of ketones is 1. The van der Waals surface area contributed by atoms with Gasteiger partial charge >= 0.3 is 0 Å². The lowest BCUT2D eigenvalue weighted by Gasteiger charge is -2.00. The highest BCUT2D eigenvalue weighted by Crippen LogP contribution is 2.42. The number of nitrogens with one attached hydrogen (secondary N) is 1. The molecule has 1 aliphatic carbocycles. The number of hydrogen-bond acceptors (Lipinski definition) is 1. The first-order chi connectivity index (χ1) is 9.15. The van der Waals surface area contributed by atoms with Crippen molar-refractivity contribution < 1.29 is 9.18 Å². The van der Waals surface area contributed by atoms with Crippen molar-refractivity contribution in [3.8, 4) is 11.1 Å². The molecule has 0 unspecified atom stereocenters. The molecule has 4 heteroatoms. The Labute approximate surface area is 112 Å². The van der Waals surface area contributed by atoms with Crippen molar-refractivity contribution in [1.29, 1.82) is 0 Å². The van der Waals surface area contributed by atoms with Crippen LogP contribution in [0.25, 0.3) is 22.0 Å². The zero-order valence-corrected chi connectivity index (χ0v) is 10.4. The highest BCUT2D eigenvalue weighted by molar-refractivity contribution is 6.32. The molecule has 2 nitrogen and oxygen atoms in total. The number of carbonyl (C=O) groups is 1. The average Bonchev–Trinajstić information content (AvgIpc) is 2.86. The zero-order valence-electron chi connectivity index (χ0n) is 9.63. The first kappa shape index (κ1) is 10.8. The molecule has 2 aromatic carbocycles. The van der Waals surface area contributed by atoms with Crippen LogP contribution in [0.2, 0.25) is 5.02 Å². The number of carbonyl (C=O) groups excluding carboxylic acids is 1. The fourth-order valence-electron chi connectivity index (χ4n) is 2.68. The molecular weight excluding hydrogens is 265 g/mol. The van der Waals surface area contributed by atoms with Gasteiger partial charge in [0.15, 0.2) is 0 Å². The first-order valence-corrected chi connectivity index (χ1v) is 6.19. The molecule has 0 atom stereocenters. The van der Waals surface area contributed by atoms with E-state index in [0.717, 1.165) is 16.5 Å². The number of fused-ring (bicyclic) bond motifs is 5. The number of hydrogen-bond donors (Lipinski definition) is 1. The monoisotopic (exact) mass is 271 g/mol. The van der Waals surface area contributed by atoms with Crippen LogP contribution < -0.4 is 0 Å². The maximum atomic E-state index is 13.4. The Kier molecular flexibility index (Phi) is 1.96. The molecule has 0 aliphatic heterocycles. The van der Waals surface area contributed by atoms with Gasteiger partial charge in [-0.1, -0.05) is 17.7 Å². The number of aromatic nitrogens is 1. The smallest absolute Gasteiger partial charge is 0.210 e. The minimum absolute atomic E-state index is 0.0997. The molecule has 0 radical (unpaired) electrons. The van der Waals surface area contributed by atoms with Crippen LogP contribution in [0, 0.1) is 5.82 Å². The van der Waals surface area contributed by atoms with Crippen LogP contribution in [0.3, 0.4) is 0 Å². The summed E-state index contributed by atoms with van der Waals surface area (Å²) >= 11 is 5.94. The van der Waals surface area contributed by atoms with Gasteiger partial charge in [-0.05, 0) is 35.9 Å². The van der Waals surface area contributed by atoms with Gasteiger partial charge in [-0.25, -0.2) is 4.39 Å². The fraction of sp³-hybridized carbons (Fsp3) is 0. The lowest BCUT2D eigenvalue weighted by atomic mass is 10.0. The molecule has 0 saturated carbocycles. The second-order valence-electron chi connectivity index (χ2n) is 4.58. The van der Waals surface area contributed by atoms with Gasteiger partial charge in [0.2, 0.25) is 5.78 Å². The van der Waals surface area contributed by atoms with Crippen LogP contribution in [0.1, 0.15) is 16.1 Å². The van der Waals surface area contributed by atoms with E-state index < -0.39 is 0 Å². The standard InChI is InChI=1S/C15H7ClFNO/c16-7-1-3-10-12(5-7)18-14-13(10)11-6-8(17)2-4-9(11)15(14)19/h1-6,18H. The Balaban J connectivity index is 2.15. The zero-order chi connectivity index (χ0) is 13.1. The van der Waals surface area contributed by atoms with Crippen LogP contribution in [-0.2, 0) is 0 Å². The van der Waals surface area contributed by atoms with E-state index in [1.54, 1.807) is 12.1 Å². The Morgan fingerprint density at radius 3 is 2.74 bits per heavy atom. The average molecular weight is 272 g/mol. The first-order valence-electron chi connectivity index (χ1n) is 5.81.